The number of aromatic nitrogens is 3. The van der Waals surface area contributed by atoms with Gasteiger partial charge in [0, 0.05) is 11.8 Å². The van der Waals surface area contributed by atoms with Gasteiger partial charge in [-0.05, 0) is 26.0 Å². The molecule has 0 atom stereocenters. The molecule has 2 N–H and O–H groups in total. The summed E-state index contributed by atoms with van der Waals surface area (Å²) in [6.07, 6.45) is 1.14. The van der Waals surface area contributed by atoms with Crippen LogP contribution < -0.4 is 14.8 Å². The quantitative estimate of drug-likeness (QED) is 0.786. The number of hydrogen-bond acceptors (Lipinski definition) is 6. The van der Waals surface area contributed by atoms with Gasteiger partial charge >= 0.3 is 5.97 Å². The zero-order valence-corrected chi connectivity index (χ0v) is 13.5. The summed E-state index contributed by atoms with van der Waals surface area (Å²) in [5, 5.41) is 18.5. The van der Waals surface area contributed by atoms with E-state index in [1.807, 2.05) is 13.8 Å². The lowest BCUT2D eigenvalue weighted by molar-refractivity contribution is -0.116. The van der Waals surface area contributed by atoms with E-state index < -0.39 is 5.97 Å². The lowest BCUT2D eigenvalue weighted by Gasteiger charge is -2.15. The number of nitrogens with one attached hydrogen (secondary N) is 1. The first-order valence-electron chi connectivity index (χ1n) is 7.17. The maximum Gasteiger partial charge on any atom is 0.358 e. The van der Waals surface area contributed by atoms with E-state index >= 15 is 0 Å². The molecule has 2 rings (SSSR count). The molecule has 24 heavy (non-hydrogen) atoms. The number of amides is 1. The van der Waals surface area contributed by atoms with Gasteiger partial charge < -0.3 is 19.9 Å². The van der Waals surface area contributed by atoms with Crippen LogP contribution in [0, 0.1) is 0 Å². The smallest absolute Gasteiger partial charge is 0.358 e. The van der Waals surface area contributed by atoms with E-state index in [2.05, 4.69) is 15.6 Å². The minimum absolute atomic E-state index is 0.0468. The Morgan fingerprint density at radius 1 is 1.33 bits per heavy atom. The molecule has 0 aliphatic rings. The Kier molecular flexibility index (Phi) is 5.35. The lowest BCUT2D eigenvalue weighted by Crippen LogP contribution is -2.19. The molecule has 0 aliphatic carbocycles. The van der Waals surface area contributed by atoms with Crippen molar-refractivity contribution in [3.8, 4) is 11.5 Å². The number of ether oxygens (including phenoxy) is 2. The minimum Gasteiger partial charge on any atom is -0.493 e. The summed E-state index contributed by atoms with van der Waals surface area (Å²) >= 11 is 0. The van der Waals surface area contributed by atoms with E-state index in [1.54, 1.807) is 18.2 Å². The number of hydrogen-bond donors (Lipinski definition) is 2. The molecule has 2 aromatic rings. The Hall–Kier alpha value is -3.10. The molecule has 0 saturated heterocycles. The van der Waals surface area contributed by atoms with Crippen LogP contribution in [0.5, 0.6) is 11.5 Å². The van der Waals surface area contributed by atoms with Gasteiger partial charge in [0.2, 0.25) is 5.91 Å². The second kappa shape index (κ2) is 7.44. The van der Waals surface area contributed by atoms with E-state index in [9.17, 15) is 9.59 Å². The van der Waals surface area contributed by atoms with E-state index in [0.29, 0.717) is 17.2 Å². The highest BCUT2D eigenvalue weighted by Crippen LogP contribution is 2.31. The van der Waals surface area contributed by atoms with Crippen molar-refractivity contribution >= 4 is 17.6 Å². The third-order valence-electron chi connectivity index (χ3n) is 2.87. The van der Waals surface area contributed by atoms with Gasteiger partial charge in [-0.25, -0.2) is 9.48 Å². The second-order valence-electron chi connectivity index (χ2n) is 5.19. The summed E-state index contributed by atoms with van der Waals surface area (Å²) in [6.45, 7) is 3.61. The molecule has 1 heterocycles. The number of carboxylic acid groups (broad SMARTS) is 1. The predicted octanol–water partition coefficient (Wildman–Crippen LogP) is 1.41. The standard InChI is InChI=1S/C15H18N4O5/c1-9(2)24-13-6-10(4-5-12(13)23-3)16-14(20)8-19-7-11(15(21)22)17-18-19/h4-7,9H,8H2,1-3H3,(H,16,20)(H,21,22). The van der Waals surface area contributed by atoms with Crippen molar-refractivity contribution in [3.63, 3.8) is 0 Å². The molecule has 1 aromatic carbocycles. The average Bonchev–Trinajstić information content (AvgIpc) is 2.95. The highest BCUT2D eigenvalue weighted by molar-refractivity contribution is 5.91. The number of carboxylic acids is 1. The zero-order chi connectivity index (χ0) is 17.7. The fraction of sp³-hybridized carbons (Fsp3) is 0.333. The first kappa shape index (κ1) is 17.3. The molecule has 128 valence electrons. The maximum atomic E-state index is 12.0. The fourth-order valence-electron chi connectivity index (χ4n) is 1.92. The average molecular weight is 334 g/mol. The van der Waals surface area contributed by atoms with Crippen molar-refractivity contribution in [1.82, 2.24) is 15.0 Å². The number of nitrogens with zero attached hydrogens (tertiary/aromatic N) is 3. The second-order valence-corrected chi connectivity index (χ2v) is 5.19. The summed E-state index contributed by atoms with van der Waals surface area (Å²) in [4.78, 5) is 22.8. The molecule has 0 aliphatic heterocycles. The SMILES string of the molecule is COc1ccc(NC(=O)Cn2cc(C(=O)O)nn2)cc1OC(C)C. The molecule has 0 fully saturated rings. The van der Waals surface area contributed by atoms with Gasteiger partial charge in [-0.15, -0.1) is 5.10 Å². The first-order valence-corrected chi connectivity index (χ1v) is 7.17. The summed E-state index contributed by atoms with van der Waals surface area (Å²) in [7, 11) is 1.53. The highest BCUT2D eigenvalue weighted by Gasteiger charge is 2.12. The van der Waals surface area contributed by atoms with E-state index in [0.717, 1.165) is 4.68 Å². The molecule has 0 saturated carbocycles. The maximum absolute atomic E-state index is 12.0. The molecule has 0 bridgehead atoms. The number of carbonyl (C=O) groups excluding carboxylic acids is 1. The fourth-order valence-corrected chi connectivity index (χ4v) is 1.92. The molecule has 9 nitrogen and oxygen atoms in total. The van der Waals surface area contributed by atoms with Crippen LogP contribution in [0.1, 0.15) is 24.3 Å². The van der Waals surface area contributed by atoms with Crippen molar-refractivity contribution in [2.75, 3.05) is 12.4 Å². The Bertz CT molecular complexity index is 741. The van der Waals surface area contributed by atoms with Crippen LogP contribution in [0.25, 0.3) is 0 Å². The van der Waals surface area contributed by atoms with Gasteiger partial charge in [0.05, 0.1) is 19.4 Å². The van der Waals surface area contributed by atoms with Gasteiger partial charge in [0.1, 0.15) is 6.54 Å². The summed E-state index contributed by atoms with van der Waals surface area (Å²) in [6, 6.07) is 5.01. The van der Waals surface area contributed by atoms with Gasteiger partial charge in [0.25, 0.3) is 0 Å². The van der Waals surface area contributed by atoms with Crippen molar-refractivity contribution in [3.05, 3.63) is 30.1 Å². The Morgan fingerprint density at radius 3 is 2.67 bits per heavy atom. The zero-order valence-electron chi connectivity index (χ0n) is 13.5. The number of benzene rings is 1. The third kappa shape index (κ3) is 4.45. The van der Waals surface area contributed by atoms with Crippen LogP contribution in [0.2, 0.25) is 0 Å². The van der Waals surface area contributed by atoms with Gasteiger partial charge in [-0.3, -0.25) is 4.79 Å². The number of anilines is 1. The van der Waals surface area contributed by atoms with Crippen LogP contribution in [-0.4, -0.2) is 45.2 Å². The number of aromatic carboxylic acids is 1. The van der Waals surface area contributed by atoms with Crippen LogP contribution in [0.3, 0.4) is 0 Å². The van der Waals surface area contributed by atoms with Gasteiger partial charge in [-0.2, -0.15) is 0 Å². The van der Waals surface area contributed by atoms with Crippen LogP contribution >= 0.6 is 0 Å². The number of methoxy groups -OCH3 is 1. The van der Waals surface area contributed by atoms with Crippen LogP contribution in [0.4, 0.5) is 5.69 Å². The molecule has 0 unspecified atom stereocenters. The van der Waals surface area contributed by atoms with E-state index in [4.69, 9.17) is 14.6 Å². The molecular formula is C15H18N4O5. The van der Waals surface area contributed by atoms with Crippen LogP contribution in [0.15, 0.2) is 24.4 Å². The van der Waals surface area contributed by atoms with E-state index in [-0.39, 0.29) is 24.2 Å². The van der Waals surface area contributed by atoms with E-state index in [1.165, 1.54) is 13.3 Å². The summed E-state index contributed by atoms with van der Waals surface area (Å²) < 4.78 is 12.0. The molecule has 1 aromatic heterocycles. The molecule has 0 spiro atoms. The molecular weight excluding hydrogens is 316 g/mol. The number of carbonyl (C=O) groups is 2. The lowest BCUT2D eigenvalue weighted by atomic mass is 10.2. The summed E-state index contributed by atoms with van der Waals surface area (Å²) in [5.74, 6) is -0.506. The van der Waals surface area contributed by atoms with Gasteiger partial charge in [0.15, 0.2) is 17.2 Å². The molecule has 9 heteroatoms. The highest BCUT2D eigenvalue weighted by atomic mass is 16.5. The van der Waals surface area contributed by atoms with Crippen molar-refractivity contribution in [2.45, 2.75) is 26.5 Å². The monoisotopic (exact) mass is 334 g/mol. The summed E-state index contributed by atoms with van der Waals surface area (Å²) in [5.41, 5.74) is 0.301. The van der Waals surface area contributed by atoms with Crippen molar-refractivity contribution < 1.29 is 24.2 Å². The van der Waals surface area contributed by atoms with Crippen molar-refractivity contribution in [1.29, 1.82) is 0 Å². The Labute approximate surface area is 138 Å². The molecule has 0 radical (unpaired) electrons. The Balaban J connectivity index is 2.06. The van der Waals surface area contributed by atoms with Gasteiger partial charge in [-0.1, -0.05) is 5.21 Å². The predicted molar refractivity (Wildman–Crippen MR) is 84.4 cm³/mol. The normalized spacial score (nSPS) is 10.5. The minimum atomic E-state index is -1.20. The molecule has 1 amide bonds. The number of rotatable bonds is 7. The largest absolute Gasteiger partial charge is 0.493 e. The topological polar surface area (TPSA) is 116 Å². The third-order valence-corrected chi connectivity index (χ3v) is 2.87. The van der Waals surface area contributed by atoms with Crippen molar-refractivity contribution in [2.24, 2.45) is 0 Å². The first-order chi connectivity index (χ1) is 11.4. The Morgan fingerprint density at radius 2 is 2.08 bits per heavy atom. The van der Waals surface area contributed by atoms with Crippen LogP contribution in [-0.2, 0) is 11.3 Å².